The highest BCUT2D eigenvalue weighted by Gasteiger charge is 2.33. The number of nitrogens with zero attached hydrogens (tertiary/aromatic N) is 4. The first-order chi connectivity index (χ1) is 18.3. The number of aryl methyl sites for hydroxylation is 1. The van der Waals surface area contributed by atoms with Crippen LogP contribution in [-0.2, 0) is 6.54 Å². The molecule has 0 saturated carbocycles. The van der Waals surface area contributed by atoms with Crippen LogP contribution in [0.5, 0.6) is 0 Å². The summed E-state index contributed by atoms with van der Waals surface area (Å²) in [7, 11) is 0. The number of nitrogens with two attached hydrogens (primary N) is 1. The molecule has 0 aliphatic carbocycles. The Labute approximate surface area is 226 Å². The van der Waals surface area contributed by atoms with Gasteiger partial charge in [-0.25, -0.2) is 9.18 Å². The number of carbonyl (C=O) groups is 1. The van der Waals surface area contributed by atoms with E-state index in [0.717, 1.165) is 12.0 Å². The molecule has 9 heteroatoms. The van der Waals surface area contributed by atoms with E-state index in [4.69, 9.17) is 17.3 Å². The number of amides is 1. The van der Waals surface area contributed by atoms with Crippen LogP contribution in [0.2, 0.25) is 5.02 Å². The summed E-state index contributed by atoms with van der Waals surface area (Å²) < 4.78 is 16.7. The molecule has 0 fully saturated rings. The van der Waals surface area contributed by atoms with E-state index in [1.165, 1.54) is 28.8 Å². The van der Waals surface area contributed by atoms with Crippen LogP contribution in [0.4, 0.5) is 4.39 Å². The molecule has 0 aliphatic heterocycles. The van der Waals surface area contributed by atoms with E-state index in [1.807, 2.05) is 36.4 Å². The van der Waals surface area contributed by atoms with Gasteiger partial charge < -0.3 is 10.6 Å². The van der Waals surface area contributed by atoms with Gasteiger partial charge in [-0.05, 0) is 61.7 Å². The molecule has 0 aliphatic rings. The zero-order chi connectivity index (χ0) is 27.4. The van der Waals surface area contributed by atoms with E-state index in [2.05, 4.69) is 18.9 Å². The SMILES string of the molecule is CCC(C)C(c1cc2c(Cl)c(C)nn2c(=O)n1Cc1ccccc1)N(CCCN)C(=O)c1ccc(F)cc1. The lowest BCUT2D eigenvalue weighted by molar-refractivity contribution is 0.0594. The maximum Gasteiger partial charge on any atom is 0.349 e. The van der Waals surface area contributed by atoms with Gasteiger partial charge in [0, 0.05) is 17.8 Å². The first-order valence-electron chi connectivity index (χ1n) is 12.9. The van der Waals surface area contributed by atoms with Crippen molar-refractivity contribution in [2.75, 3.05) is 13.1 Å². The highest BCUT2D eigenvalue weighted by molar-refractivity contribution is 6.34. The van der Waals surface area contributed by atoms with Gasteiger partial charge in [0.25, 0.3) is 5.91 Å². The van der Waals surface area contributed by atoms with Gasteiger partial charge >= 0.3 is 5.69 Å². The quantitative estimate of drug-likeness (QED) is 0.300. The van der Waals surface area contributed by atoms with Gasteiger partial charge in [-0.1, -0.05) is 62.2 Å². The molecule has 200 valence electrons. The third kappa shape index (κ3) is 5.51. The predicted molar refractivity (Wildman–Crippen MR) is 148 cm³/mol. The molecular formula is C29H33ClFN5O2. The molecule has 4 rings (SSSR count). The first kappa shape index (κ1) is 27.5. The van der Waals surface area contributed by atoms with Crippen LogP contribution in [0.3, 0.4) is 0 Å². The molecule has 2 unspecified atom stereocenters. The molecule has 2 N–H and O–H groups in total. The lowest BCUT2D eigenvalue weighted by atomic mass is 9.92. The van der Waals surface area contributed by atoms with Crippen LogP contribution in [0.25, 0.3) is 5.52 Å². The Morgan fingerprint density at radius 3 is 2.47 bits per heavy atom. The summed E-state index contributed by atoms with van der Waals surface area (Å²) in [6, 6.07) is 16.6. The monoisotopic (exact) mass is 537 g/mol. The molecule has 38 heavy (non-hydrogen) atoms. The highest BCUT2D eigenvalue weighted by atomic mass is 35.5. The van der Waals surface area contributed by atoms with Gasteiger partial charge in [-0.3, -0.25) is 9.36 Å². The molecular weight excluding hydrogens is 505 g/mol. The fraction of sp³-hybridized carbons (Fsp3) is 0.345. The number of rotatable bonds is 10. The first-order valence-corrected chi connectivity index (χ1v) is 13.2. The summed E-state index contributed by atoms with van der Waals surface area (Å²) in [5, 5.41) is 4.78. The molecule has 2 heterocycles. The Balaban J connectivity index is 1.96. The lowest BCUT2D eigenvalue weighted by Crippen LogP contribution is -2.43. The van der Waals surface area contributed by atoms with Crippen molar-refractivity contribution in [3.8, 4) is 0 Å². The minimum Gasteiger partial charge on any atom is -0.330 e. The van der Waals surface area contributed by atoms with Crippen LogP contribution in [0.15, 0.2) is 65.5 Å². The van der Waals surface area contributed by atoms with Crippen molar-refractivity contribution < 1.29 is 9.18 Å². The Morgan fingerprint density at radius 1 is 1.16 bits per heavy atom. The van der Waals surface area contributed by atoms with Gasteiger partial charge in [0.2, 0.25) is 0 Å². The van der Waals surface area contributed by atoms with E-state index in [-0.39, 0.29) is 17.5 Å². The molecule has 2 aromatic heterocycles. The second kappa shape index (κ2) is 11.9. The fourth-order valence-electron chi connectivity index (χ4n) is 4.78. The molecule has 0 bridgehead atoms. The summed E-state index contributed by atoms with van der Waals surface area (Å²) in [5.74, 6) is -0.691. The van der Waals surface area contributed by atoms with Crippen LogP contribution in [-0.4, -0.2) is 38.1 Å². The molecule has 7 nitrogen and oxygen atoms in total. The van der Waals surface area contributed by atoms with Crippen molar-refractivity contribution in [3.05, 3.63) is 105 Å². The Morgan fingerprint density at radius 2 is 1.84 bits per heavy atom. The number of hydrogen-bond acceptors (Lipinski definition) is 4. The number of hydrogen-bond donors (Lipinski definition) is 1. The third-order valence-corrected chi connectivity index (χ3v) is 7.46. The smallest absolute Gasteiger partial charge is 0.330 e. The number of aromatic nitrogens is 3. The second-order valence-electron chi connectivity index (χ2n) is 9.60. The molecule has 0 spiro atoms. The number of fused-ring (bicyclic) bond motifs is 1. The summed E-state index contributed by atoms with van der Waals surface area (Å²) in [6.07, 6.45) is 1.31. The standard InChI is InChI=1S/C29H33ClFN5O2/c1-4-19(2)27(34(16-8-15-32)28(37)22-11-13-23(31)14-12-22)25-17-24-26(30)20(3)33-36(24)29(38)35(25)18-21-9-6-5-7-10-21/h5-7,9-14,17,19,27H,4,8,15-16,18,32H2,1-3H3. The van der Waals surface area contributed by atoms with Crippen LogP contribution >= 0.6 is 11.6 Å². The molecule has 0 saturated heterocycles. The van der Waals surface area contributed by atoms with Crippen LogP contribution in [0.1, 0.15) is 60.0 Å². The predicted octanol–water partition coefficient (Wildman–Crippen LogP) is 5.22. The van der Waals surface area contributed by atoms with Crippen molar-refractivity contribution >= 4 is 23.0 Å². The van der Waals surface area contributed by atoms with Gasteiger partial charge in [0.15, 0.2) is 0 Å². The van der Waals surface area contributed by atoms with E-state index < -0.39 is 11.9 Å². The number of halogens is 2. The second-order valence-corrected chi connectivity index (χ2v) is 9.98. The Hall–Kier alpha value is -3.49. The average Bonchev–Trinajstić information content (AvgIpc) is 3.22. The topological polar surface area (TPSA) is 85.6 Å². The number of benzene rings is 2. The average molecular weight is 538 g/mol. The van der Waals surface area contributed by atoms with Crippen molar-refractivity contribution in [1.29, 1.82) is 0 Å². The molecule has 2 atom stereocenters. The maximum absolute atomic E-state index is 13.9. The van der Waals surface area contributed by atoms with Crippen LogP contribution < -0.4 is 11.4 Å². The Bertz CT molecular complexity index is 1470. The lowest BCUT2D eigenvalue weighted by Gasteiger charge is -2.37. The normalized spacial score (nSPS) is 13.0. The minimum atomic E-state index is -0.475. The molecule has 1 amide bonds. The zero-order valence-electron chi connectivity index (χ0n) is 21.9. The Kier molecular flexibility index (Phi) is 8.64. The maximum atomic E-state index is 13.9. The van der Waals surface area contributed by atoms with Gasteiger partial charge in [0.05, 0.1) is 28.8 Å². The van der Waals surface area contributed by atoms with Crippen molar-refractivity contribution in [2.45, 2.75) is 46.2 Å². The van der Waals surface area contributed by atoms with E-state index >= 15 is 0 Å². The van der Waals surface area contributed by atoms with Gasteiger partial charge in [0.1, 0.15) is 5.82 Å². The summed E-state index contributed by atoms with van der Waals surface area (Å²) in [4.78, 5) is 29.6. The fourth-order valence-corrected chi connectivity index (χ4v) is 4.95. The number of carbonyl (C=O) groups excluding carboxylic acids is 1. The molecule has 4 aromatic rings. The molecule has 0 radical (unpaired) electrons. The minimum absolute atomic E-state index is 0.0242. The van der Waals surface area contributed by atoms with Gasteiger partial charge in [-0.2, -0.15) is 9.61 Å². The third-order valence-electron chi connectivity index (χ3n) is 6.99. The van der Waals surface area contributed by atoms with E-state index in [9.17, 15) is 14.0 Å². The summed E-state index contributed by atoms with van der Waals surface area (Å²) >= 11 is 6.59. The zero-order valence-corrected chi connectivity index (χ0v) is 22.7. The summed E-state index contributed by atoms with van der Waals surface area (Å²) in [6.45, 7) is 6.93. The van der Waals surface area contributed by atoms with Gasteiger partial charge in [-0.15, -0.1) is 0 Å². The van der Waals surface area contributed by atoms with Crippen molar-refractivity contribution in [3.63, 3.8) is 0 Å². The van der Waals surface area contributed by atoms with Crippen molar-refractivity contribution in [1.82, 2.24) is 19.1 Å². The highest BCUT2D eigenvalue weighted by Crippen LogP contribution is 2.34. The van der Waals surface area contributed by atoms with E-state index in [1.54, 1.807) is 16.4 Å². The van der Waals surface area contributed by atoms with Crippen molar-refractivity contribution in [2.24, 2.45) is 11.7 Å². The van der Waals surface area contributed by atoms with Crippen LogP contribution in [0, 0.1) is 18.7 Å². The largest absolute Gasteiger partial charge is 0.349 e. The molecule has 2 aromatic carbocycles. The summed E-state index contributed by atoms with van der Waals surface area (Å²) in [5.41, 5.74) is 8.54. The van der Waals surface area contributed by atoms with E-state index in [0.29, 0.717) is 53.5 Å².